The van der Waals surface area contributed by atoms with Crippen molar-refractivity contribution in [1.82, 2.24) is 0 Å². The van der Waals surface area contributed by atoms with E-state index in [1.165, 1.54) is 0 Å². The summed E-state index contributed by atoms with van der Waals surface area (Å²) in [4.78, 5) is 0. The highest BCUT2D eigenvalue weighted by Gasteiger charge is 2.41. The van der Waals surface area contributed by atoms with Crippen molar-refractivity contribution in [2.75, 3.05) is 6.16 Å². The Hall–Kier alpha value is -0.160. The summed E-state index contributed by atoms with van der Waals surface area (Å²) in [6.45, 7) is 0. The van der Waals surface area contributed by atoms with Gasteiger partial charge in [-0.2, -0.15) is 17.4 Å². The van der Waals surface area contributed by atoms with E-state index in [-0.39, 0.29) is 0 Å². The second-order valence-corrected chi connectivity index (χ2v) is 3.07. The van der Waals surface area contributed by atoms with Crippen LogP contribution in [0.2, 0.25) is 0 Å². The highest BCUT2D eigenvalue weighted by Crippen LogP contribution is 2.52. The third-order valence-electron chi connectivity index (χ3n) is 0.471. The first-order chi connectivity index (χ1) is 4.27. The molecule has 0 saturated heterocycles. The fraction of sp³-hybridized carbons (Fsp3) is 1.00. The fourth-order valence-corrected chi connectivity index (χ4v) is 0.716. The monoisotopic (exact) mass is 184 g/mol. The van der Waals surface area contributed by atoms with Gasteiger partial charge in [-0.3, -0.25) is 4.57 Å². The standard InChI is InChI=1S/C2H2F5O2P/c3-2(4,5)1-10(7,8)9-6/h1H2. The normalized spacial score (nSPS) is 18.5. The van der Waals surface area contributed by atoms with Crippen molar-refractivity contribution in [2.45, 2.75) is 6.18 Å². The minimum Gasteiger partial charge on any atom is -0.252 e. The molecule has 0 aliphatic carbocycles. The maximum absolute atomic E-state index is 11.6. The van der Waals surface area contributed by atoms with E-state index in [0.29, 0.717) is 0 Å². The first-order valence-corrected chi connectivity index (χ1v) is 3.63. The van der Waals surface area contributed by atoms with Gasteiger partial charge < -0.3 is 0 Å². The lowest BCUT2D eigenvalue weighted by molar-refractivity contribution is -0.114. The summed E-state index contributed by atoms with van der Waals surface area (Å²) < 4.78 is 67.1. The van der Waals surface area contributed by atoms with Crippen molar-refractivity contribution in [3.05, 3.63) is 0 Å². The van der Waals surface area contributed by atoms with Gasteiger partial charge in [0.05, 0.1) is 0 Å². The van der Waals surface area contributed by atoms with Gasteiger partial charge in [0.25, 0.3) is 0 Å². The van der Waals surface area contributed by atoms with Crippen molar-refractivity contribution in [2.24, 2.45) is 0 Å². The van der Waals surface area contributed by atoms with Gasteiger partial charge in [0.15, 0.2) is 6.16 Å². The molecule has 8 heteroatoms. The zero-order valence-electron chi connectivity index (χ0n) is 4.36. The molecule has 0 heterocycles. The third kappa shape index (κ3) is 4.69. The van der Waals surface area contributed by atoms with Crippen LogP contribution in [0.3, 0.4) is 0 Å². The zero-order valence-corrected chi connectivity index (χ0v) is 5.26. The molecule has 2 nitrogen and oxygen atoms in total. The average molecular weight is 184 g/mol. The molecule has 10 heavy (non-hydrogen) atoms. The summed E-state index contributed by atoms with van der Waals surface area (Å²) in [5.41, 5.74) is 0. The summed E-state index contributed by atoms with van der Waals surface area (Å²) in [5.74, 6) is 0. The summed E-state index contributed by atoms with van der Waals surface area (Å²) in [5, 5.41) is 0. The van der Waals surface area contributed by atoms with Crippen LogP contribution < -0.4 is 0 Å². The molecule has 0 fully saturated rings. The van der Waals surface area contributed by atoms with Crippen LogP contribution in [-0.4, -0.2) is 12.3 Å². The number of alkyl halides is 3. The maximum atomic E-state index is 11.6. The lowest BCUT2D eigenvalue weighted by Gasteiger charge is -2.05. The first-order valence-electron chi connectivity index (χ1n) is 1.93. The minimum atomic E-state index is -5.59. The number of hydrogen-bond donors (Lipinski definition) is 0. The van der Waals surface area contributed by atoms with E-state index in [2.05, 4.69) is 0 Å². The van der Waals surface area contributed by atoms with Gasteiger partial charge in [-0.25, -0.2) is 0 Å². The molecule has 0 amide bonds. The summed E-state index contributed by atoms with van der Waals surface area (Å²) in [6, 6.07) is 0. The van der Waals surface area contributed by atoms with Gasteiger partial charge in [-0.05, 0) is 4.53 Å². The van der Waals surface area contributed by atoms with E-state index < -0.39 is 20.0 Å². The molecular formula is C2H2F5O2P. The van der Waals surface area contributed by atoms with Crippen LogP contribution in [0.1, 0.15) is 0 Å². The first kappa shape index (κ1) is 9.84. The second-order valence-electron chi connectivity index (χ2n) is 1.43. The Bertz CT molecular complexity index is 152. The van der Waals surface area contributed by atoms with E-state index in [4.69, 9.17) is 0 Å². The topological polar surface area (TPSA) is 26.3 Å². The molecule has 0 bridgehead atoms. The van der Waals surface area contributed by atoms with E-state index in [1.807, 2.05) is 4.73 Å². The van der Waals surface area contributed by atoms with Gasteiger partial charge in [0.1, 0.15) is 0 Å². The van der Waals surface area contributed by atoms with Gasteiger partial charge >= 0.3 is 13.9 Å². The third-order valence-corrected chi connectivity index (χ3v) is 1.41. The van der Waals surface area contributed by atoms with Crippen molar-refractivity contribution in [1.29, 1.82) is 0 Å². The average Bonchev–Trinajstić information content (AvgIpc) is 1.60. The van der Waals surface area contributed by atoms with Crippen LogP contribution >= 0.6 is 7.68 Å². The molecule has 0 aromatic carbocycles. The van der Waals surface area contributed by atoms with E-state index in [9.17, 15) is 26.5 Å². The van der Waals surface area contributed by atoms with Gasteiger partial charge in [0.2, 0.25) is 0 Å². The molecule has 0 saturated carbocycles. The van der Waals surface area contributed by atoms with E-state index in [0.717, 1.165) is 0 Å². The van der Waals surface area contributed by atoms with Crippen LogP contribution in [-0.2, 0) is 9.29 Å². The summed E-state index contributed by atoms with van der Waals surface area (Å²) in [6.07, 6.45) is -7.41. The van der Waals surface area contributed by atoms with E-state index >= 15 is 0 Å². The molecule has 1 unspecified atom stereocenters. The molecule has 1 atom stereocenters. The number of halogens is 5. The highest BCUT2D eigenvalue weighted by atomic mass is 31.2. The van der Waals surface area contributed by atoms with Gasteiger partial charge in [-0.15, -0.1) is 4.73 Å². The minimum absolute atomic E-state index is 1.98. The van der Waals surface area contributed by atoms with Crippen LogP contribution in [0.15, 0.2) is 0 Å². The molecule has 0 aliphatic rings. The Morgan fingerprint density at radius 3 is 1.90 bits per heavy atom. The lowest BCUT2D eigenvalue weighted by Crippen LogP contribution is -2.12. The Kier molecular flexibility index (Phi) is 2.79. The van der Waals surface area contributed by atoms with Crippen LogP contribution in [0, 0.1) is 0 Å². The SMILES string of the molecule is O=P(F)(CC(F)(F)F)OF. The molecule has 0 radical (unpaired) electrons. The molecule has 0 aliphatic heterocycles. The zero-order chi connectivity index (χ0) is 8.41. The van der Waals surface area contributed by atoms with Gasteiger partial charge in [0, 0.05) is 0 Å². The Morgan fingerprint density at radius 2 is 1.80 bits per heavy atom. The van der Waals surface area contributed by atoms with E-state index in [1.54, 1.807) is 0 Å². The molecular weight excluding hydrogens is 182 g/mol. The predicted molar refractivity (Wildman–Crippen MR) is 21.8 cm³/mol. The smallest absolute Gasteiger partial charge is 0.252 e. The van der Waals surface area contributed by atoms with Crippen molar-refractivity contribution < 1.29 is 31.2 Å². The molecule has 0 N–H and O–H groups in total. The molecule has 62 valence electrons. The summed E-state index contributed by atoms with van der Waals surface area (Å²) in [7, 11) is -5.59. The van der Waals surface area contributed by atoms with Crippen LogP contribution in [0.4, 0.5) is 21.9 Å². The Balaban J connectivity index is 4.03. The highest BCUT2D eigenvalue weighted by molar-refractivity contribution is 7.53. The number of rotatable bonds is 2. The van der Waals surface area contributed by atoms with Crippen molar-refractivity contribution in [3.63, 3.8) is 0 Å². The number of hydrogen-bond acceptors (Lipinski definition) is 2. The molecule has 0 aromatic heterocycles. The summed E-state index contributed by atoms with van der Waals surface area (Å²) >= 11 is 0. The quantitative estimate of drug-likeness (QED) is 0.487. The van der Waals surface area contributed by atoms with Crippen molar-refractivity contribution in [3.8, 4) is 0 Å². The van der Waals surface area contributed by atoms with Crippen molar-refractivity contribution >= 4 is 7.68 Å². The largest absolute Gasteiger partial charge is 0.407 e. The molecule has 0 aromatic rings. The Morgan fingerprint density at radius 1 is 1.40 bits per heavy atom. The molecule has 0 spiro atoms. The second kappa shape index (κ2) is 2.84. The predicted octanol–water partition coefficient (Wildman–Crippen LogP) is 2.61. The maximum Gasteiger partial charge on any atom is 0.407 e. The fourth-order valence-electron chi connectivity index (χ4n) is 0.239. The van der Waals surface area contributed by atoms with Gasteiger partial charge in [-0.1, -0.05) is 0 Å². The van der Waals surface area contributed by atoms with Crippen LogP contribution in [0.25, 0.3) is 0 Å². The lowest BCUT2D eigenvalue weighted by atomic mass is 10.8. The Labute approximate surface area is 52.4 Å². The van der Waals surface area contributed by atoms with Crippen LogP contribution in [0.5, 0.6) is 0 Å². The molecule has 0 rings (SSSR count).